The van der Waals surface area contributed by atoms with E-state index in [0.29, 0.717) is 5.02 Å². The fourth-order valence-corrected chi connectivity index (χ4v) is 3.96. The normalized spacial score (nSPS) is 19.1. The first-order valence-corrected chi connectivity index (χ1v) is 9.95. The summed E-state index contributed by atoms with van der Waals surface area (Å²) in [7, 11) is 0. The van der Waals surface area contributed by atoms with Crippen molar-refractivity contribution in [3.8, 4) is 0 Å². The summed E-state index contributed by atoms with van der Waals surface area (Å²) in [6.07, 6.45) is 4.98. The van der Waals surface area contributed by atoms with Gasteiger partial charge in [-0.2, -0.15) is 0 Å². The second-order valence-electron chi connectivity index (χ2n) is 7.29. The fourth-order valence-electron chi connectivity index (χ4n) is 3.79. The van der Waals surface area contributed by atoms with Gasteiger partial charge in [-0.3, -0.25) is 9.78 Å². The van der Waals surface area contributed by atoms with Gasteiger partial charge in [-0.05, 0) is 62.1 Å². The second-order valence-corrected chi connectivity index (χ2v) is 7.72. The Kier molecular flexibility index (Phi) is 5.62. The predicted molar refractivity (Wildman–Crippen MR) is 110 cm³/mol. The minimum atomic E-state index is -1.11. The zero-order chi connectivity index (χ0) is 20.4. The maximum absolute atomic E-state index is 13.8. The molecule has 0 atom stereocenters. The van der Waals surface area contributed by atoms with Crippen molar-refractivity contribution < 1.29 is 13.6 Å². The lowest BCUT2D eigenvalue weighted by Crippen LogP contribution is -2.40. The van der Waals surface area contributed by atoms with E-state index in [1.807, 2.05) is 24.3 Å². The van der Waals surface area contributed by atoms with Gasteiger partial charge in [0.25, 0.3) is 5.91 Å². The van der Waals surface area contributed by atoms with Gasteiger partial charge in [0.05, 0.1) is 11.1 Å². The van der Waals surface area contributed by atoms with Crippen LogP contribution in [0.4, 0.5) is 14.5 Å². The van der Waals surface area contributed by atoms with E-state index in [1.54, 1.807) is 6.20 Å². The van der Waals surface area contributed by atoms with Crippen LogP contribution in [0.3, 0.4) is 0 Å². The molecule has 1 fully saturated rings. The molecule has 29 heavy (non-hydrogen) atoms. The molecule has 1 heterocycles. The number of rotatable bonds is 4. The summed E-state index contributed by atoms with van der Waals surface area (Å²) in [6.45, 7) is 0. The standard InChI is InChI=1S/C22H20ClF2N3O/c23-13-4-9-16-19(10-11-26-20(16)12-13)27-14-5-7-15(8-6-14)28-22(29)17-2-1-3-18(24)21(17)25/h1-4,9-12,14-15H,5-8H2,(H,26,27)(H,28,29). The third-order valence-corrected chi connectivity index (χ3v) is 5.56. The summed E-state index contributed by atoms with van der Waals surface area (Å²) in [5.74, 6) is -2.70. The summed E-state index contributed by atoms with van der Waals surface area (Å²) in [4.78, 5) is 16.6. The van der Waals surface area contributed by atoms with Crippen LogP contribution in [0.1, 0.15) is 36.0 Å². The summed E-state index contributed by atoms with van der Waals surface area (Å²) in [6, 6.07) is 11.4. The molecule has 2 N–H and O–H groups in total. The van der Waals surface area contributed by atoms with E-state index in [2.05, 4.69) is 15.6 Å². The number of hydrogen-bond donors (Lipinski definition) is 2. The Hall–Kier alpha value is -2.73. The molecule has 1 aliphatic carbocycles. The minimum absolute atomic E-state index is 0.0591. The molecule has 2 aromatic carbocycles. The maximum Gasteiger partial charge on any atom is 0.254 e. The van der Waals surface area contributed by atoms with Crippen LogP contribution in [0.15, 0.2) is 48.7 Å². The lowest BCUT2D eigenvalue weighted by Gasteiger charge is -2.30. The van der Waals surface area contributed by atoms with Crippen molar-refractivity contribution in [3.63, 3.8) is 0 Å². The number of carbonyl (C=O) groups is 1. The van der Waals surface area contributed by atoms with Crippen LogP contribution in [-0.2, 0) is 0 Å². The first-order valence-electron chi connectivity index (χ1n) is 9.57. The molecule has 150 valence electrons. The van der Waals surface area contributed by atoms with Gasteiger partial charge in [-0.25, -0.2) is 8.78 Å². The van der Waals surface area contributed by atoms with Gasteiger partial charge in [0, 0.05) is 34.4 Å². The van der Waals surface area contributed by atoms with E-state index in [4.69, 9.17) is 11.6 Å². The molecular weight excluding hydrogens is 396 g/mol. The Morgan fingerprint density at radius 2 is 1.79 bits per heavy atom. The molecule has 1 amide bonds. The highest BCUT2D eigenvalue weighted by atomic mass is 35.5. The van der Waals surface area contributed by atoms with Crippen LogP contribution in [0, 0.1) is 11.6 Å². The van der Waals surface area contributed by atoms with E-state index >= 15 is 0 Å². The molecule has 4 nitrogen and oxygen atoms in total. The minimum Gasteiger partial charge on any atom is -0.382 e. The monoisotopic (exact) mass is 415 g/mol. The van der Waals surface area contributed by atoms with Gasteiger partial charge in [0.2, 0.25) is 0 Å². The lowest BCUT2D eigenvalue weighted by atomic mass is 9.90. The average molecular weight is 416 g/mol. The van der Waals surface area contributed by atoms with Crippen LogP contribution in [0.2, 0.25) is 5.02 Å². The fraction of sp³-hybridized carbons (Fsp3) is 0.273. The Balaban J connectivity index is 1.36. The number of aromatic nitrogens is 1. The topological polar surface area (TPSA) is 54.0 Å². The Labute approximate surface area is 172 Å². The molecule has 4 rings (SSSR count). The third kappa shape index (κ3) is 4.32. The van der Waals surface area contributed by atoms with E-state index in [9.17, 15) is 13.6 Å². The summed E-state index contributed by atoms with van der Waals surface area (Å²) >= 11 is 6.04. The number of fused-ring (bicyclic) bond motifs is 1. The number of nitrogens with one attached hydrogen (secondary N) is 2. The molecule has 1 aromatic heterocycles. The van der Waals surface area contributed by atoms with E-state index in [1.165, 1.54) is 12.1 Å². The molecule has 0 saturated heterocycles. The zero-order valence-corrected chi connectivity index (χ0v) is 16.3. The maximum atomic E-state index is 13.8. The van der Waals surface area contributed by atoms with Crippen LogP contribution >= 0.6 is 11.6 Å². The number of hydrogen-bond acceptors (Lipinski definition) is 3. The quantitative estimate of drug-likeness (QED) is 0.606. The zero-order valence-electron chi connectivity index (χ0n) is 15.6. The van der Waals surface area contributed by atoms with Crippen LogP contribution < -0.4 is 10.6 Å². The van der Waals surface area contributed by atoms with Crippen molar-refractivity contribution in [2.24, 2.45) is 0 Å². The number of anilines is 1. The van der Waals surface area contributed by atoms with E-state index < -0.39 is 17.5 Å². The molecule has 1 saturated carbocycles. The lowest BCUT2D eigenvalue weighted by molar-refractivity contribution is 0.0921. The van der Waals surface area contributed by atoms with Gasteiger partial charge in [0.1, 0.15) is 0 Å². The van der Waals surface area contributed by atoms with Gasteiger partial charge >= 0.3 is 0 Å². The predicted octanol–water partition coefficient (Wildman–Crippen LogP) is 5.32. The third-order valence-electron chi connectivity index (χ3n) is 5.32. The van der Waals surface area contributed by atoms with Crippen LogP contribution in [0.25, 0.3) is 10.9 Å². The molecule has 0 bridgehead atoms. The summed E-state index contributed by atoms with van der Waals surface area (Å²) in [5.41, 5.74) is 1.58. The van der Waals surface area contributed by atoms with Crippen molar-refractivity contribution >= 4 is 34.1 Å². The number of benzene rings is 2. The van der Waals surface area contributed by atoms with Crippen molar-refractivity contribution in [1.29, 1.82) is 0 Å². The molecule has 0 radical (unpaired) electrons. The number of pyridine rings is 1. The van der Waals surface area contributed by atoms with Crippen molar-refractivity contribution in [2.45, 2.75) is 37.8 Å². The molecule has 3 aromatic rings. The SMILES string of the molecule is O=C(NC1CCC(Nc2ccnc3cc(Cl)ccc23)CC1)c1cccc(F)c1F. The van der Waals surface area contributed by atoms with Gasteiger partial charge in [-0.15, -0.1) is 0 Å². The molecule has 0 spiro atoms. The Morgan fingerprint density at radius 1 is 1.03 bits per heavy atom. The van der Waals surface area contributed by atoms with Crippen molar-refractivity contribution in [2.75, 3.05) is 5.32 Å². The Morgan fingerprint density at radius 3 is 2.59 bits per heavy atom. The second kappa shape index (κ2) is 8.33. The largest absolute Gasteiger partial charge is 0.382 e. The molecule has 7 heteroatoms. The molecule has 1 aliphatic rings. The highest BCUT2D eigenvalue weighted by molar-refractivity contribution is 6.31. The van der Waals surface area contributed by atoms with E-state index in [-0.39, 0.29) is 17.6 Å². The van der Waals surface area contributed by atoms with Crippen LogP contribution in [0.5, 0.6) is 0 Å². The average Bonchev–Trinajstić information content (AvgIpc) is 2.71. The smallest absolute Gasteiger partial charge is 0.254 e. The van der Waals surface area contributed by atoms with Gasteiger partial charge in [-0.1, -0.05) is 17.7 Å². The summed E-state index contributed by atoms with van der Waals surface area (Å²) < 4.78 is 27.1. The van der Waals surface area contributed by atoms with Gasteiger partial charge in [0.15, 0.2) is 11.6 Å². The first-order chi connectivity index (χ1) is 14.0. The molecule has 0 aliphatic heterocycles. The van der Waals surface area contributed by atoms with Crippen molar-refractivity contribution in [3.05, 3.63) is 70.9 Å². The van der Waals surface area contributed by atoms with Gasteiger partial charge < -0.3 is 10.6 Å². The highest BCUT2D eigenvalue weighted by Gasteiger charge is 2.24. The Bertz CT molecular complexity index is 1050. The molecular formula is C22H20ClF2N3O. The van der Waals surface area contributed by atoms with Crippen LogP contribution in [-0.4, -0.2) is 23.0 Å². The number of carbonyl (C=O) groups excluding carboxylic acids is 1. The molecule has 0 unspecified atom stereocenters. The summed E-state index contributed by atoms with van der Waals surface area (Å²) in [5, 5.41) is 8.04. The van der Waals surface area contributed by atoms with E-state index in [0.717, 1.165) is 48.3 Å². The number of amides is 1. The number of halogens is 3. The van der Waals surface area contributed by atoms with Crippen molar-refractivity contribution in [1.82, 2.24) is 10.3 Å². The number of nitrogens with zero attached hydrogens (tertiary/aromatic N) is 1. The first kappa shape index (κ1) is 19.6. The highest BCUT2D eigenvalue weighted by Crippen LogP contribution is 2.28.